The van der Waals surface area contributed by atoms with E-state index in [9.17, 15) is 9.59 Å². The molecule has 1 amide bonds. The SMILES string of the molecule is C=C(C)C(=O)OC(C)CCC(=O)Nc1ccc(N=Nc2ccccc2)cc1. The van der Waals surface area contributed by atoms with Gasteiger partial charge in [-0.25, -0.2) is 4.79 Å². The van der Waals surface area contributed by atoms with Crippen LogP contribution in [0.5, 0.6) is 0 Å². The van der Waals surface area contributed by atoms with Crippen LogP contribution >= 0.6 is 0 Å². The zero-order valence-corrected chi connectivity index (χ0v) is 15.5. The molecule has 140 valence electrons. The first kappa shape index (κ1) is 20.0. The third-order valence-corrected chi connectivity index (χ3v) is 3.62. The van der Waals surface area contributed by atoms with E-state index in [1.165, 1.54) is 0 Å². The molecular weight excluding hydrogens is 342 g/mol. The Kier molecular flexibility index (Phi) is 7.43. The van der Waals surface area contributed by atoms with Crippen LogP contribution in [0.1, 0.15) is 26.7 Å². The van der Waals surface area contributed by atoms with Crippen LogP contribution in [0.3, 0.4) is 0 Å². The van der Waals surface area contributed by atoms with E-state index in [1.807, 2.05) is 30.3 Å². The molecular formula is C21H23N3O3. The maximum absolute atomic E-state index is 12.0. The molecule has 0 saturated carbocycles. The second kappa shape index (κ2) is 10.0. The molecule has 0 bridgehead atoms. The largest absolute Gasteiger partial charge is 0.459 e. The van der Waals surface area contributed by atoms with E-state index in [-0.39, 0.29) is 18.4 Å². The topological polar surface area (TPSA) is 80.1 Å². The summed E-state index contributed by atoms with van der Waals surface area (Å²) in [6.45, 7) is 6.87. The predicted molar refractivity (Wildman–Crippen MR) is 105 cm³/mol. The smallest absolute Gasteiger partial charge is 0.333 e. The van der Waals surface area contributed by atoms with E-state index in [1.54, 1.807) is 38.1 Å². The van der Waals surface area contributed by atoms with Gasteiger partial charge in [-0.15, -0.1) is 0 Å². The average Bonchev–Trinajstić information content (AvgIpc) is 2.66. The highest BCUT2D eigenvalue weighted by atomic mass is 16.5. The van der Waals surface area contributed by atoms with Crippen LogP contribution in [0.25, 0.3) is 0 Å². The number of nitrogens with zero attached hydrogens (tertiary/aromatic N) is 2. The third kappa shape index (κ3) is 7.23. The minimum absolute atomic E-state index is 0.146. The summed E-state index contributed by atoms with van der Waals surface area (Å²) in [6, 6.07) is 16.5. The number of azo groups is 1. The maximum Gasteiger partial charge on any atom is 0.333 e. The van der Waals surface area contributed by atoms with E-state index >= 15 is 0 Å². The summed E-state index contributed by atoms with van der Waals surface area (Å²) in [6.07, 6.45) is 0.342. The van der Waals surface area contributed by atoms with Gasteiger partial charge in [0.25, 0.3) is 0 Å². The normalized spacial score (nSPS) is 11.8. The van der Waals surface area contributed by atoms with Gasteiger partial charge in [0.15, 0.2) is 0 Å². The van der Waals surface area contributed by atoms with Gasteiger partial charge in [-0.05, 0) is 56.7 Å². The number of carbonyl (C=O) groups is 2. The van der Waals surface area contributed by atoms with E-state index in [0.29, 0.717) is 23.4 Å². The molecule has 2 aromatic rings. The Labute approximate surface area is 159 Å². The Bertz CT molecular complexity index is 814. The minimum atomic E-state index is -0.442. The quantitative estimate of drug-likeness (QED) is 0.390. The van der Waals surface area contributed by atoms with E-state index in [0.717, 1.165) is 5.69 Å². The fraction of sp³-hybridized carbons (Fsp3) is 0.238. The molecule has 0 saturated heterocycles. The molecule has 0 radical (unpaired) electrons. The zero-order valence-electron chi connectivity index (χ0n) is 15.5. The lowest BCUT2D eigenvalue weighted by molar-refractivity contribution is -0.144. The molecule has 1 unspecified atom stereocenters. The van der Waals surface area contributed by atoms with Crippen LogP contribution < -0.4 is 5.32 Å². The van der Waals surface area contributed by atoms with Crippen molar-refractivity contribution in [3.8, 4) is 0 Å². The highest BCUT2D eigenvalue weighted by molar-refractivity contribution is 5.91. The van der Waals surface area contributed by atoms with Crippen molar-refractivity contribution in [3.63, 3.8) is 0 Å². The first-order valence-corrected chi connectivity index (χ1v) is 8.67. The van der Waals surface area contributed by atoms with Crippen molar-refractivity contribution in [1.29, 1.82) is 0 Å². The molecule has 6 nitrogen and oxygen atoms in total. The molecule has 0 aliphatic carbocycles. The standard InChI is InChI=1S/C21H23N3O3/c1-15(2)21(26)27-16(3)9-14-20(25)22-17-10-12-19(13-11-17)24-23-18-7-5-4-6-8-18/h4-8,10-13,16H,1,9,14H2,2-3H3,(H,22,25). The third-order valence-electron chi connectivity index (χ3n) is 3.62. The maximum atomic E-state index is 12.0. The van der Waals surface area contributed by atoms with Gasteiger partial charge in [-0.1, -0.05) is 24.8 Å². The van der Waals surface area contributed by atoms with Gasteiger partial charge in [-0.2, -0.15) is 10.2 Å². The summed E-state index contributed by atoms with van der Waals surface area (Å²) in [5.41, 5.74) is 2.48. The molecule has 0 spiro atoms. The summed E-state index contributed by atoms with van der Waals surface area (Å²) < 4.78 is 5.15. The minimum Gasteiger partial charge on any atom is -0.459 e. The van der Waals surface area contributed by atoms with Crippen molar-refractivity contribution in [1.82, 2.24) is 0 Å². The molecule has 0 aliphatic rings. The van der Waals surface area contributed by atoms with Crippen molar-refractivity contribution in [2.75, 3.05) is 5.32 Å². The number of rotatable bonds is 8. The molecule has 2 aromatic carbocycles. The molecule has 0 heterocycles. The fourth-order valence-corrected chi connectivity index (χ4v) is 2.12. The molecule has 27 heavy (non-hydrogen) atoms. The fourth-order valence-electron chi connectivity index (χ4n) is 2.12. The van der Waals surface area contributed by atoms with Crippen molar-refractivity contribution in [3.05, 3.63) is 66.7 Å². The number of ether oxygens (including phenoxy) is 1. The Morgan fingerprint density at radius 1 is 1.04 bits per heavy atom. The van der Waals surface area contributed by atoms with Crippen LogP contribution in [-0.4, -0.2) is 18.0 Å². The Morgan fingerprint density at radius 3 is 2.22 bits per heavy atom. The van der Waals surface area contributed by atoms with Crippen molar-refractivity contribution < 1.29 is 14.3 Å². The van der Waals surface area contributed by atoms with E-state index in [4.69, 9.17) is 4.74 Å². The molecule has 6 heteroatoms. The number of nitrogens with one attached hydrogen (secondary N) is 1. The summed E-state index contributed by atoms with van der Waals surface area (Å²) >= 11 is 0. The Hall–Kier alpha value is -3.28. The second-order valence-corrected chi connectivity index (χ2v) is 6.17. The van der Waals surface area contributed by atoms with Crippen molar-refractivity contribution in [2.24, 2.45) is 10.2 Å². The number of amides is 1. The van der Waals surface area contributed by atoms with E-state index in [2.05, 4.69) is 22.1 Å². The van der Waals surface area contributed by atoms with Gasteiger partial charge in [0, 0.05) is 17.7 Å². The molecule has 0 aliphatic heterocycles. The molecule has 2 rings (SSSR count). The van der Waals surface area contributed by atoms with Crippen LogP contribution in [0.4, 0.5) is 17.1 Å². The van der Waals surface area contributed by atoms with Crippen LogP contribution in [0.2, 0.25) is 0 Å². The number of hydrogen-bond acceptors (Lipinski definition) is 5. The average molecular weight is 365 g/mol. The number of carbonyl (C=O) groups excluding carboxylic acids is 2. The lowest BCUT2D eigenvalue weighted by Crippen LogP contribution is -2.19. The van der Waals surface area contributed by atoms with Crippen molar-refractivity contribution >= 4 is 28.9 Å². The summed E-state index contributed by atoms with van der Waals surface area (Å²) in [7, 11) is 0. The van der Waals surface area contributed by atoms with Gasteiger partial charge in [0.1, 0.15) is 0 Å². The first-order valence-electron chi connectivity index (χ1n) is 8.67. The molecule has 0 fully saturated rings. The van der Waals surface area contributed by atoms with Crippen LogP contribution in [-0.2, 0) is 14.3 Å². The second-order valence-electron chi connectivity index (χ2n) is 6.17. The number of benzene rings is 2. The first-order chi connectivity index (χ1) is 12.9. The van der Waals surface area contributed by atoms with Gasteiger partial charge in [-0.3, -0.25) is 4.79 Å². The number of esters is 1. The van der Waals surface area contributed by atoms with Gasteiger partial charge in [0.05, 0.1) is 17.5 Å². The Balaban J connectivity index is 1.80. The summed E-state index contributed by atoms with van der Waals surface area (Å²) in [5.74, 6) is -0.588. The highest BCUT2D eigenvalue weighted by Gasteiger charge is 2.12. The predicted octanol–water partition coefficient (Wildman–Crippen LogP) is 5.33. The zero-order chi connectivity index (χ0) is 19.6. The monoisotopic (exact) mass is 365 g/mol. The van der Waals surface area contributed by atoms with Gasteiger partial charge < -0.3 is 10.1 Å². The molecule has 0 aromatic heterocycles. The highest BCUT2D eigenvalue weighted by Crippen LogP contribution is 2.20. The summed E-state index contributed by atoms with van der Waals surface area (Å²) in [5, 5.41) is 11.1. The van der Waals surface area contributed by atoms with Crippen LogP contribution in [0, 0.1) is 0 Å². The molecule has 1 N–H and O–H groups in total. The van der Waals surface area contributed by atoms with Crippen molar-refractivity contribution in [2.45, 2.75) is 32.8 Å². The molecule has 1 atom stereocenters. The van der Waals surface area contributed by atoms with Crippen LogP contribution in [0.15, 0.2) is 77.0 Å². The number of anilines is 1. The summed E-state index contributed by atoms with van der Waals surface area (Å²) in [4.78, 5) is 23.4. The lowest BCUT2D eigenvalue weighted by Gasteiger charge is -2.13. The Morgan fingerprint density at radius 2 is 1.63 bits per heavy atom. The van der Waals surface area contributed by atoms with Gasteiger partial charge >= 0.3 is 5.97 Å². The van der Waals surface area contributed by atoms with E-state index < -0.39 is 5.97 Å². The number of hydrogen-bond donors (Lipinski definition) is 1. The lowest BCUT2D eigenvalue weighted by atomic mass is 10.2. The van der Waals surface area contributed by atoms with Gasteiger partial charge in [0.2, 0.25) is 5.91 Å².